The molecule has 0 aliphatic carbocycles. The topological polar surface area (TPSA) is 34.1 Å². The van der Waals surface area contributed by atoms with Gasteiger partial charge in [-0.1, -0.05) is 11.3 Å². The van der Waals surface area contributed by atoms with E-state index in [1.54, 1.807) is 11.3 Å². The molecule has 1 aliphatic rings. The predicted molar refractivity (Wildman–Crippen MR) is 53.3 cm³/mol. The number of aromatic nitrogens is 1. The van der Waals surface area contributed by atoms with Crippen molar-refractivity contribution in [2.24, 2.45) is 0 Å². The van der Waals surface area contributed by atoms with Gasteiger partial charge in [-0.3, -0.25) is 0 Å². The van der Waals surface area contributed by atoms with Crippen LogP contribution in [-0.4, -0.2) is 23.7 Å². The number of rotatable bonds is 2. The molecule has 0 radical (unpaired) electrons. The van der Waals surface area contributed by atoms with E-state index in [1.807, 2.05) is 13.1 Å². The molecular weight excluding hydrogens is 184 g/mol. The summed E-state index contributed by atoms with van der Waals surface area (Å²) in [6.45, 7) is 5.13. The van der Waals surface area contributed by atoms with Crippen molar-refractivity contribution < 1.29 is 4.74 Å². The van der Waals surface area contributed by atoms with Crippen LogP contribution in [0.2, 0.25) is 0 Å². The molecule has 1 fully saturated rings. The number of thiazole rings is 1. The maximum absolute atomic E-state index is 5.76. The van der Waals surface area contributed by atoms with E-state index in [4.69, 9.17) is 4.74 Å². The van der Waals surface area contributed by atoms with Crippen molar-refractivity contribution in [3.63, 3.8) is 0 Å². The Bertz CT molecular complexity index is 287. The van der Waals surface area contributed by atoms with Crippen molar-refractivity contribution in [3.05, 3.63) is 11.2 Å². The number of hydrogen-bond acceptors (Lipinski definition) is 4. The van der Waals surface area contributed by atoms with Gasteiger partial charge >= 0.3 is 0 Å². The lowest BCUT2D eigenvalue weighted by Crippen LogP contribution is -2.20. The molecule has 13 heavy (non-hydrogen) atoms. The first-order valence-electron chi connectivity index (χ1n) is 4.56. The second kappa shape index (κ2) is 3.64. The van der Waals surface area contributed by atoms with Crippen LogP contribution in [0.15, 0.2) is 6.20 Å². The summed E-state index contributed by atoms with van der Waals surface area (Å²) in [6.07, 6.45) is 3.23. The molecule has 1 aromatic rings. The molecule has 1 aromatic heterocycles. The van der Waals surface area contributed by atoms with Gasteiger partial charge in [-0.05, 0) is 13.8 Å². The second-order valence-corrected chi connectivity index (χ2v) is 4.68. The number of hydrogen-bond donors (Lipinski definition) is 1. The van der Waals surface area contributed by atoms with Crippen LogP contribution in [-0.2, 0) is 0 Å². The Hall–Kier alpha value is -0.610. The van der Waals surface area contributed by atoms with Gasteiger partial charge in [-0.25, -0.2) is 4.98 Å². The summed E-state index contributed by atoms with van der Waals surface area (Å²) in [4.78, 5) is 4.15. The highest BCUT2D eigenvalue weighted by molar-refractivity contribution is 7.13. The van der Waals surface area contributed by atoms with Crippen molar-refractivity contribution in [1.29, 1.82) is 0 Å². The lowest BCUT2D eigenvalue weighted by molar-refractivity contribution is 0.227. The second-order valence-electron chi connectivity index (χ2n) is 3.48. The minimum absolute atomic E-state index is 0.329. The first-order valence-corrected chi connectivity index (χ1v) is 5.38. The summed E-state index contributed by atoms with van der Waals surface area (Å²) in [5.41, 5.74) is 0. The number of aryl methyl sites for hydroxylation is 1. The highest BCUT2D eigenvalue weighted by Gasteiger charge is 2.22. The van der Waals surface area contributed by atoms with Crippen LogP contribution in [0, 0.1) is 6.92 Å². The fourth-order valence-electron chi connectivity index (χ4n) is 1.54. The maximum atomic E-state index is 5.76. The van der Waals surface area contributed by atoms with E-state index in [0.717, 1.165) is 23.0 Å². The Morgan fingerprint density at radius 3 is 3.08 bits per heavy atom. The molecule has 72 valence electrons. The molecule has 0 spiro atoms. The van der Waals surface area contributed by atoms with Crippen LogP contribution in [0.4, 0.5) is 0 Å². The quantitative estimate of drug-likeness (QED) is 0.783. The minimum atomic E-state index is 0.329. The van der Waals surface area contributed by atoms with Crippen molar-refractivity contribution in [1.82, 2.24) is 10.3 Å². The molecule has 1 N–H and O–H groups in total. The van der Waals surface area contributed by atoms with Gasteiger partial charge in [0.2, 0.25) is 0 Å². The molecule has 2 heterocycles. The van der Waals surface area contributed by atoms with E-state index in [1.165, 1.54) is 0 Å². The monoisotopic (exact) mass is 198 g/mol. The Labute approximate surface area is 82.1 Å². The molecule has 1 saturated heterocycles. The molecule has 2 atom stereocenters. The van der Waals surface area contributed by atoms with Gasteiger partial charge < -0.3 is 10.1 Å². The third-order valence-corrected chi connectivity index (χ3v) is 3.00. The number of ether oxygens (including phenoxy) is 1. The summed E-state index contributed by atoms with van der Waals surface area (Å²) in [6, 6.07) is 0.582. The summed E-state index contributed by atoms with van der Waals surface area (Å²) in [5, 5.41) is 5.36. The molecule has 0 bridgehead atoms. The zero-order valence-electron chi connectivity index (χ0n) is 7.91. The Kier molecular flexibility index (Phi) is 2.51. The highest BCUT2D eigenvalue weighted by atomic mass is 32.1. The predicted octanol–water partition coefficient (Wildman–Crippen LogP) is 1.58. The van der Waals surface area contributed by atoms with Gasteiger partial charge in [-0.2, -0.15) is 0 Å². The van der Waals surface area contributed by atoms with Crippen LogP contribution in [0.25, 0.3) is 0 Å². The molecule has 0 saturated carbocycles. The summed E-state index contributed by atoms with van der Waals surface area (Å²) in [5.74, 6) is 0. The van der Waals surface area contributed by atoms with Gasteiger partial charge in [0.15, 0.2) is 5.06 Å². The SMILES string of the molecule is Cc1ncc(O[C@H]2CN[C@@H](C)C2)s1. The Morgan fingerprint density at radius 1 is 1.69 bits per heavy atom. The molecule has 3 nitrogen and oxygen atoms in total. The third-order valence-electron chi connectivity index (χ3n) is 2.19. The molecule has 4 heteroatoms. The minimum Gasteiger partial charge on any atom is -0.478 e. The van der Waals surface area contributed by atoms with Crippen molar-refractivity contribution in [2.75, 3.05) is 6.54 Å². The van der Waals surface area contributed by atoms with Crippen LogP contribution >= 0.6 is 11.3 Å². The van der Waals surface area contributed by atoms with Crippen LogP contribution in [0.1, 0.15) is 18.4 Å². The number of nitrogens with zero attached hydrogens (tertiary/aromatic N) is 1. The van der Waals surface area contributed by atoms with E-state index in [2.05, 4.69) is 17.2 Å². The highest BCUT2D eigenvalue weighted by Crippen LogP contribution is 2.23. The fraction of sp³-hybridized carbons (Fsp3) is 0.667. The summed E-state index contributed by atoms with van der Waals surface area (Å²) in [7, 11) is 0. The molecule has 1 aliphatic heterocycles. The fourth-order valence-corrected chi connectivity index (χ4v) is 2.23. The molecular formula is C9H14N2OS. The molecule has 2 rings (SSSR count). The summed E-state index contributed by atoms with van der Waals surface area (Å²) < 4.78 is 5.76. The smallest absolute Gasteiger partial charge is 0.194 e. The largest absolute Gasteiger partial charge is 0.478 e. The zero-order chi connectivity index (χ0) is 9.26. The van der Waals surface area contributed by atoms with Crippen LogP contribution < -0.4 is 10.1 Å². The van der Waals surface area contributed by atoms with E-state index < -0.39 is 0 Å². The van der Waals surface area contributed by atoms with Gasteiger partial charge in [-0.15, -0.1) is 0 Å². The van der Waals surface area contributed by atoms with Crippen LogP contribution in [0.5, 0.6) is 5.06 Å². The van der Waals surface area contributed by atoms with E-state index in [0.29, 0.717) is 12.1 Å². The zero-order valence-corrected chi connectivity index (χ0v) is 8.73. The third kappa shape index (κ3) is 2.19. The molecule has 0 amide bonds. The van der Waals surface area contributed by atoms with Crippen molar-refractivity contribution in [3.8, 4) is 5.06 Å². The van der Waals surface area contributed by atoms with Gasteiger partial charge in [0.1, 0.15) is 6.10 Å². The first-order chi connectivity index (χ1) is 6.24. The Balaban J connectivity index is 1.91. The van der Waals surface area contributed by atoms with Crippen LogP contribution in [0.3, 0.4) is 0 Å². The van der Waals surface area contributed by atoms with Gasteiger partial charge in [0.25, 0.3) is 0 Å². The van der Waals surface area contributed by atoms with E-state index >= 15 is 0 Å². The van der Waals surface area contributed by atoms with Crippen molar-refractivity contribution >= 4 is 11.3 Å². The molecule has 0 aromatic carbocycles. The van der Waals surface area contributed by atoms with Gasteiger partial charge in [0.05, 0.1) is 11.2 Å². The first kappa shape index (κ1) is 8.97. The lowest BCUT2D eigenvalue weighted by atomic mass is 10.2. The van der Waals surface area contributed by atoms with Gasteiger partial charge in [0, 0.05) is 19.0 Å². The average Bonchev–Trinajstić information content (AvgIpc) is 2.62. The number of nitrogens with one attached hydrogen (secondary N) is 1. The Morgan fingerprint density at radius 2 is 2.54 bits per heavy atom. The average molecular weight is 198 g/mol. The van der Waals surface area contributed by atoms with E-state index in [9.17, 15) is 0 Å². The lowest BCUT2D eigenvalue weighted by Gasteiger charge is -2.09. The molecule has 0 unspecified atom stereocenters. The summed E-state index contributed by atoms with van der Waals surface area (Å²) >= 11 is 1.61. The maximum Gasteiger partial charge on any atom is 0.194 e. The standard InChI is InChI=1S/C9H14N2OS/c1-6-3-8(4-10-6)12-9-5-11-7(2)13-9/h5-6,8,10H,3-4H2,1-2H3/t6-,8+/m0/s1. The van der Waals surface area contributed by atoms with E-state index in [-0.39, 0.29) is 0 Å². The van der Waals surface area contributed by atoms with Crippen molar-refractivity contribution in [2.45, 2.75) is 32.4 Å². The normalized spacial score (nSPS) is 27.8.